The Morgan fingerprint density at radius 2 is 1.90 bits per heavy atom. The van der Waals surface area contributed by atoms with Gasteiger partial charge < -0.3 is 10.6 Å². The lowest BCUT2D eigenvalue weighted by Crippen LogP contribution is -2.14. The molecule has 0 bridgehead atoms. The average molecular weight is 410 g/mol. The number of aromatic nitrogens is 2. The lowest BCUT2D eigenvalue weighted by Gasteiger charge is -2.10. The Bertz CT molecular complexity index is 1060. The van der Waals surface area contributed by atoms with Crippen LogP contribution in [-0.2, 0) is 10.5 Å². The Hall–Kier alpha value is -3.26. The third-order valence-corrected chi connectivity index (χ3v) is 5.01. The third kappa shape index (κ3) is 5.61. The highest BCUT2D eigenvalue weighted by atomic mass is 32.2. The second-order valence-electron chi connectivity index (χ2n) is 6.29. The second kappa shape index (κ2) is 9.29. The number of rotatable bonds is 6. The standard InChI is InChI=1S/C21H19FN4O2S/c1-13-10-16(5-6-18(13)22)26-20(28)17-4-3-8-24-21(17)29-12-15-7-9-23-19(11-15)25-14(2)27/h3-11H,12H2,1-2H3,(H,26,28)(H,23,25,27). The molecule has 0 saturated heterocycles. The number of nitrogens with one attached hydrogen (secondary N) is 2. The average Bonchev–Trinajstić information content (AvgIpc) is 2.69. The first-order valence-corrected chi connectivity index (χ1v) is 9.79. The van der Waals surface area contributed by atoms with Gasteiger partial charge in [0.1, 0.15) is 16.7 Å². The monoisotopic (exact) mass is 410 g/mol. The van der Waals surface area contributed by atoms with Crippen molar-refractivity contribution in [3.05, 3.63) is 77.4 Å². The van der Waals surface area contributed by atoms with Gasteiger partial charge in [0.25, 0.3) is 5.91 Å². The molecular formula is C21H19FN4O2S. The molecule has 29 heavy (non-hydrogen) atoms. The molecule has 2 amide bonds. The van der Waals surface area contributed by atoms with E-state index in [2.05, 4.69) is 20.6 Å². The fourth-order valence-electron chi connectivity index (χ4n) is 2.56. The van der Waals surface area contributed by atoms with E-state index in [1.807, 2.05) is 6.07 Å². The van der Waals surface area contributed by atoms with E-state index in [1.165, 1.54) is 30.8 Å². The molecular weight excluding hydrogens is 391 g/mol. The summed E-state index contributed by atoms with van der Waals surface area (Å²) in [5, 5.41) is 5.99. The Morgan fingerprint density at radius 1 is 1.07 bits per heavy atom. The zero-order valence-corrected chi connectivity index (χ0v) is 16.7. The summed E-state index contributed by atoms with van der Waals surface area (Å²) in [6, 6.07) is 11.4. The molecule has 3 rings (SSSR count). The van der Waals surface area contributed by atoms with E-state index in [-0.39, 0.29) is 17.6 Å². The number of thioether (sulfide) groups is 1. The van der Waals surface area contributed by atoms with E-state index in [0.29, 0.717) is 33.4 Å². The molecule has 0 fully saturated rings. The molecule has 0 aliphatic rings. The van der Waals surface area contributed by atoms with Gasteiger partial charge in [0, 0.05) is 30.8 Å². The number of pyridine rings is 2. The van der Waals surface area contributed by atoms with E-state index in [9.17, 15) is 14.0 Å². The summed E-state index contributed by atoms with van der Waals surface area (Å²) in [5.41, 5.74) is 2.33. The molecule has 3 aromatic rings. The minimum atomic E-state index is -0.323. The molecule has 0 unspecified atom stereocenters. The van der Waals surface area contributed by atoms with Gasteiger partial charge in [-0.25, -0.2) is 14.4 Å². The summed E-state index contributed by atoms with van der Waals surface area (Å²) in [6.45, 7) is 3.06. The van der Waals surface area contributed by atoms with Gasteiger partial charge in [-0.2, -0.15) is 0 Å². The first-order valence-electron chi connectivity index (χ1n) is 8.80. The van der Waals surface area contributed by atoms with Gasteiger partial charge in [-0.15, -0.1) is 11.8 Å². The number of amides is 2. The molecule has 2 aromatic heterocycles. The molecule has 1 aromatic carbocycles. The van der Waals surface area contributed by atoms with Crippen molar-refractivity contribution in [1.29, 1.82) is 0 Å². The summed E-state index contributed by atoms with van der Waals surface area (Å²) in [5.74, 6) is 0.183. The lowest BCUT2D eigenvalue weighted by molar-refractivity contribution is -0.114. The predicted octanol–water partition coefficient (Wildman–Crippen LogP) is 4.43. The van der Waals surface area contributed by atoms with Gasteiger partial charge in [-0.05, 0) is 60.5 Å². The highest BCUT2D eigenvalue weighted by Crippen LogP contribution is 2.26. The topological polar surface area (TPSA) is 84.0 Å². The number of hydrogen-bond acceptors (Lipinski definition) is 5. The molecule has 0 saturated carbocycles. The summed E-state index contributed by atoms with van der Waals surface area (Å²) in [6.07, 6.45) is 3.24. The zero-order chi connectivity index (χ0) is 20.8. The molecule has 6 nitrogen and oxygen atoms in total. The second-order valence-corrected chi connectivity index (χ2v) is 7.26. The Morgan fingerprint density at radius 3 is 2.66 bits per heavy atom. The zero-order valence-electron chi connectivity index (χ0n) is 15.9. The van der Waals surface area contributed by atoms with Crippen molar-refractivity contribution < 1.29 is 14.0 Å². The van der Waals surface area contributed by atoms with Crippen LogP contribution in [0.2, 0.25) is 0 Å². The lowest BCUT2D eigenvalue weighted by atomic mass is 10.2. The number of carbonyl (C=O) groups is 2. The molecule has 8 heteroatoms. The highest BCUT2D eigenvalue weighted by Gasteiger charge is 2.14. The van der Waals surface area contributed by atoms with Crippen LogP contribution in [0.1, 0.15) is 28.4 Å². The maximum absolute atomic E-state index is 13.4. The van der Waals surface area contributed by atoms with Crippen LogP contribution >= 0.6 is 11.8 Å². The Kier molecular flexibility index (Phi) is 6.56. The minimum Gasteiger partial charge on any atom is -0.322 e. The normalized spacial score (nSPS) is 10.4. The number of halogens is 1. The van der Waals surface area contributed by atoms with Gasteiger partial charge in [-0.3, -0.25) is 9.59 Å². The van der Waals surface area contributed by atoms with Crippen molar-refractivity contribution in [2.24, 2.45) is 0 Å². The van der Waals surface area contributed by atoms with Crippen LogP contribution in [-0.4, -0.2) is 21.8 Å². The predicted molar refractivity (Wildman–Crippen MR) is 111 cm³/mol. The van der Waals surface area contributed by atoms with E-state index >= 15 is 0 Å². The van der Waals surface area contributed by atoms with Crippen LogP contribution in [0.15, 0.2) is 59.9 Å². The van der Waals surface area contributed by atoms with Crippen molar-refractivity contribution in [3.8, 4) is 0 Å². The van der Waals surface area contributed by atoms with Gasteiger partial charge >= 0.3 is 0 Å². The third-order valence-electron chi connectivity index (χ3n) is 3.94. The summed E-state index contributed by atoms with van der Waals surface area (Å²) >= 11 is 1.40. The quantitative estimate of drug-likeness (QED) is 0.588. The minimum absolute atomic E-state index is 0.193. The fourth-order valence-corrected chi connectivity index (χ4v) is 3.50. The summed E-state index contributed by atoms with van der Waals surface area (Å²) in [4.78, 5) is 32.3. The number of benzene rings is 1. The van der Waals surface area contributed by atoms with Crippen LogP contribution in [0.25, 0.3) is 0 Å². The van der Waals surface area contributed by atoms with Crippen LogP contribution in [0, 0.1) is 12.7 Å². The summed E-state index contributed by atoms with van der Waals surface area (Å²) < 4.78 is 13.4. The van der Waals surface area contributed by atoms with Crippen LogP contribution < -0.4 is 10.6 Å². The van der Waals surface area contributed by atoms with Gasteiger partial charge in [0.05, 0.1) is 5.56 Å². The van der Waals surface area contributed by atoms with Crippen molar-refractivity contribution in [2.45, 2.75) is 24.6 Å². The molecule has 0 aliphatic heterocycles. The molecule has 2 heterocycles. The maximum atomic E-state index is 13.4. The van der Waals surface area contributed by atoms with E-state index in [4.69, 9.17) is 0 Å². The first kappa shape index (κ1) is 20.5. The van der Waals surface area contributed by atoms with Crippen molar-refractivity contribution in [2.75, 3.05) is 10.6 Å². The Labute approximate surface area is 172 Å². The largest absolute Gasteiger partial charge is 0.322 e. The van der Waals surface area contributed by atoms with Gasteiger partial charge in [-0.1, -0.05) is 0 Å². The molecule has 0 radical (unpaired) electrons. The van der Waals surface area contributed by atoms with Crippen LogP contribution in [0.4, 0.5) is 15.9 Å². The molecule has 0 spiro atoms. The van der Waals surface area contributed by atoms with Crippen molar-refractivity contribution in [1.82, 2.24) is 9.97 Å². The van der Waals surface area contributed by atoms with Gasteiger partial charge in [0.2, 0.25) is 5.91 Å². The van der Waals surface area contributed by atoms with Crippen molar-refractivity contribution in [3.63, 3.8) is 0 Å². The SMILES string of the molecule is CC(=O)Nc1cc(CSc2ncccc2C(=O)Nc2ccc(F)c(C)c2)ccn1. The fraction of sp³-hybridized carbons (Fsp3) is 0.143. The number of hydrogen-bond donors (Lipinski definition) is 2. The first-order chi connectivity index (χ1) is 13.9. The molecule has 2 N–H and O–H groups in total. The highest BCUT2D eigenvalue weighted by molar-refractivity contribution is 7.98. The number of aryl methyl sites for hydroxylation is 1. The summed E-state index contributed by atoms with van der Waals surface area (Å²) in [7, 11) is 0. The van der Waals surface area contributed by atoms with Crippen molar-refractivity contribution >= 4 is 35.1 Å². The van der Waals surface area contributed by atoms with E-state index in [0.717, 1.165) is 5.56 Å². The van der Waals surface area contributed by atoms with Crippen LogP contribution in [0.3, 0.4) is 0 Å². The van der Waals surface area contributed by atoms with Crippen LogP contribution in [0.5, 0.6) is 0 Å². The molecule has 0 atom stereocenters. The Balaban J connectivity index is 1.72. The van der Waals surface area contributed by atoms with E-state index in [1.54, 1.807) is 43.6 Å². The molecule has 148 valence electrons. The number of carbonyl (C=O) groups excluding carboxylic acids is 2. The molecule has 0 aliphatic carbocycles. The number of anilines is 2. The smallest absolute Gasteiger partial charge is 0.258 e. The number of nitrogens with zero attached hydrogens (tertiary/aromatic N) is 2. The van der Waals surface area contributed by atoms with E-state index < -0.39 is 0 Å². The van der Waals surface area contributed by atoms with Gasteiger partial charge in [0.15, 0.2) is 0 Å². The maximum Gasteiger partial charge on any atom is 0.258 e.